The molecule has 2 heterocycles. The molecule has 6 rings (SSSR count). The van der Waals surface area contributed by atoms with Crippen LogP contribution in [0.3, 0.4) is 0 Å². The number of pyridine rings is 1. The Morgan fingerprint density at radius 1 is 1.03 bits per heavy atom. The van der Waals surface area contributed by atoms with E-state index in [1.54, 1.807) is 13.2 Å². The average Bonchev–Trinajstić information content (AvgIpc) is 3.24. The highest BCUT2D eigenvalue weighted by Gasteiger charge is 2.65. The van der Waals surface area contributed by atoms with E-state index in [1.165, 1.54) is 0 Å². The van der Waals surface area contributed by atoms with Crippen LogP contribution in [0.15, 0.2) is 90.1 Å². The van der Waals surface area contributed by atoms with E-state index >= 15 is 0 Å². The Morgan fingerprint density at radius 3 is 2.56 bits per heavy atom. The second-order valence-electron chi connectivity index (χ2n) is 15.9. The summed E-state index contributed by atoms with van der Waals surface area (Å²) in [4.78, 5) is 27.3. The molecule has 0 spiro atoms. The molecule has 0 saturated heterocycles. The fourth-order valence-corrected chi connectivity index (χ4v) is 9.47. The first-order valence-corrected chi connectivity index (χ1v) is 21.5. The number of rotatable bonds is 22. The van der Waals surface area contributed by atoms with Crippen molar-refractivity contribution in [3.05, 3.63) is 107 Å². The smallest absolute Gasteiger partial charge is 0.239 e. The number of aliphatic hydroxyl groups is 2. The number of carbonyl (C=O) groups is 1. The number of aromatic nitrogens is 1. The van der Waals surface area contributed by atoms with Gasteiger partial charge in [0.15, 0.2) is 0 Å². The van der Waals surface area contributed by atoms with Crippen LogP contribution in [0.4, 0.5) is 0 Å². The summed E-state index contributed by atoms with van der Waals surface area (Å²) in [5.74, 6) is 0.417. The van der Waals surface area contributed by atoms with E-state index in [2.05, 4.69) is 30.6 Å². The summed E-state index contributed by atoms with van der Waals surface area (Å²) in [6, 6.07) is 19.0. The summed E-state index contributed by atoms with van der Waals surface area (Å²) in [7, 11) is 1.63. The first-order chi connectivity index (χ1) is 28.8. The first kappa shape index (κ1) is 43.9. The molecule has 6 unspecified atom stereocenters. The highest BCUT2D eigenvalue weighted by molar-refractivity contribution is 6.03. The lowest BCUT2D eigenvalue weighted by Gasteiger charge is -2.60. The lowest BCUT2D eigenvalue weighted by Crippen LogP contribution is -2.70. The molecule has 3 aliphatic rings. The first-order valence-electron chi connectivity index (χ1n) is 21.5. The van der Waals surface area contributed by atoms with Crippen LogP contribution in [0.25, 0.3) is 0 Å². The van der Waals surface area contributed by atoms with E-state index in [9.17, 15) is 15.0 Å². The Morgan fingerprint density at radius 2 is 1.83 bits per heavy atom. The molecule has 59 heavy (non-hydrogen) atoms. The fraction of sp³-hybridized carbons (Fsp3) is 0.521. The van der Waals surface area contributed by atoms with Crippen molar-refractivity contribution in [2.45, 2.75) is 103 Å². The summed E-state index contributed by atoms with van der Waals surface area (Å²) in [5.41, 5.74) is 5.42. The van der Waals surface area contributed by atoms with E-state index in [1.807, 2.05) is 73.3 Å². The number of oxime groups is 1. The molecule has 1 aliphatic heterocycles. The van der Waals surface area contributed by atoms with Crippen LogP contribution in [-0.4, -0.2) is 83.6 Å². The van der Waals surface area contributed by atoms with Gasteiger partial charge < -0.3 is 38.9 Å². The topological polar surface area (TPSA) is 132 Å². The Kier molecular flexibility index (Phi) is 15.6. The maximum Gasteiger partial charge on any atom is 0.239 e. The Hall–Kier alpha value is -4.71. The molecule has 1 aromatic heterocycles. The third kappa shape index (κ3) is 10.0. The molecule has 0 radical (unpaired) electrons. The number of methoxy groups -OCH3 is 1. The molecular weight excluding hydrogens is 747 g/mol. The number of unbranched alkanes of at least 4 members (excludes halogenated alkanes) is 2. The molecule has 1 saturated carbocycles. The standard InChI is InChI=1S/C48H63N3O8/c1-6-23-51(45(54)28-34-16-14-19-37(27-34)55-5)44-31-42(50-58-8-3)40-29-35(17-9-11-24-52)39(20-10-12-25-53)46-41-30-38(56-32-36-18-13-15-33(4)49-36)21-22-43(41)59-48(44,47(40)46)57-26-7-2/h7,13-16,18-19,21-22,27,29-30,35,39,44,46-47,52-53H,2,6,8-12,17,20,23-26,28,31-32H2,1,3-5H3. The molecule has 0 bridgehead atoms. The van der Waals surface area contributed by atoms with Crippen molar-refractivity contribution < 1.29 is 38.8 Å². The highest BCUT2D eigenvalue weighted by atomic mass is 16.7. The van der Waals surface area contributed by atoms with Gasteiger partial charge in [-0.15, -0.1) is 6.58 Å². The molecule has 11 nitrogen and oxygen atoms in total. The SMILES string of the molecule is C=CCOC12Oc3ccc(OCc4cccc(C)n4)cc3C3C(CCCCO)C(CCCCO)C=C(C(=NOCC)CC1N(CCC)C(=O)Cc1cccc(OC)c1)C32. The zero-order chi connectivity index (χ0) is 41.8. The molecule has 6 atom stereocenters. The predicted molar refractivity (Wildman–Crippen MR) is 229 cm³/mol. The summed E-state index contributed by atoms with van der Waals surface area (Å²) in [5, 5.41) is 24.6. The number of benzene rings is 2. The van der Waals surface area contributed by atoms with Crippen molar-refractivity contribution >= 4 is 11.6 Å². The predicted octanol–water partition coefficient (Wildman–Crippen LogP) is 8.11. The minimum atomic E-state index is -1.32. The number of aliphatic hydroxyl groups excluding tert-OH is 2. The third-order valence-electron chi connectivity index (χ3n) is 11.9. The summed E-state index contributed by atoms with van der Waals surface area (Å²) in [6.45, 7) is 11.6. The zero-order valence-electron chi connectivity index (χ0n) is 35.3. The molecule has 2 aromatic carbocycles. The van der Waals surface area contributed by atoms with Gasteiger partial charge in [-0.1, -0.05) is 55.3 Å². The Balaban J connectivity index is 1.54. The van der Waals surface area contributed by atoms with Crippen LogP contribution in [0.2, 0.25) is 0 Å². The number of carbonyl (C=O) groups excluding carboxylic acids is 1. The van der Waals surface area contributed by atoms with Crippen molar-refractivity contribution in [1.82, 2.24) is 9.88 Å². The van der Waals surface area contributed by atoms with Crippen molar-refractivity contribution in [3.8, 4) is 17.2 Å². The minimum absolute atomic E-state index is 0.0495. The van der Waals surface area contributed by atoms with Gasteiger partial charge in [-0.05, 0) is 111 Å². The Labute approximate surface area is 350 Å². The van der Waals surface area contributed by atoms with Crippen molar-refractivity contribution in [2.24, 2.45) is 22.9 Å². The molecule has 11 heteroatoms. The number of aryl methyl sites for hydroxylation is 1. The molecule has 2 N–H and O–H groups in total. The van der Waals surface area contributed by atoms with Gasteiger partial charge in [0.1, 0.15) is 36.5 Å². The molecule has 3 aromatic rings. The van der Waals surface area contributed by atoms with E-state index in [0.717, 1.165) is 65.9 Å². The normalized spacial score (nSPS) is 23.7. The second-order valence-corrected chi connectivity index (χ2v) is 15.9. The quantitative estimate of drug-likeness (QED) is 0.0587. The van der Waals surface area contributed by atoms with Gasteiger partial charge >= 0.3 is 0 Å². The number of ether oxygens (including phenoxy) is 4. The van der Waals surface area contributed by atoms with Gasteiger partial charge in [0.25, 0.3) is 0 Å². The number of allylic oxidation sites excluding steroid dienone is 1. The summed E-state index contributed by atoms with van der Waals surface area (Å²) in [6.07, 6.45) is 10.1. The highest BCUT2D eigenvalue weighted by Crippen LogP contribution is 2.62. The van der Waals surface area contributed by atoms with Gasteiger partial charge in [0.05, 0.1) is 37.5 Å². The number of hydrogen-bond acceptors (Lipinski definition) is 10. The van der Waals surface area contributed by atoms with Crippen LogP contribution in [0.5, 0.6) is 17.2 Å². The number of hydrogen-bond donors (Lipinski definition) is 2. The van der Waals surface area contributed by atoms with Crippen LogP contribution in [0.1, 0.15) is 93.6 Å². The fourth-order valence-electron chi connectivity index (χ4n) is 9.47. The van der Waals surface area contributed by atoms with E-state index in [4.69, 9.17) is 28.9 Å². The van der Waals surface area contributed by atoms with Crippen LogP contribution >= 0.6 is 0 Å². The maximum atomic E-state index is 14.8. The van der Waals surface area contributed by atoms with Crippen molar-refractivity contribution in [3.63, 3.8) is 0 Å². The van der Waals surface area contributed by atoms with Crippen LogP contribution in [0, 0.1) is 24.7 Å². The monoisotopic (exact) mass is 809 g/mol. The summed E-state index contributed by atoms with van der Waals surface area (Å²) >= 11 is 0. The largest absolute Gasteiger partial charge is 0.497 e. The molecule has 2 aliphatic carbocycles. The minimum Gasteiger partial charge on any atom is -0.497 e. The zero-order valence-corrected chi connectivity index (χ0v) is 35.3. The molecule has 1 fully saturated rings. The van der Waals surface area contributed by atoms with Gasteiger partial charge in [-0.2, -0.15) is 0 Å². The molecule has 1 amide bonds. The Bertz CT molecular complexity index is 1930. The number of fused-ring (bicyclic) bond motifs is 2. The maximum absolute atomic E-state index is 14.8. The van der Waals surface area contributed by atoms with Gasteiger partial charge in [0, 0.05) is 43.4 Å². The van der Waals surface area contributed by atoms with Crippen LogP contribution in [-0.2, 0) is 27.4 Å². The van der Waals surface area contributed by atoms with Crippen molar-refractivity contribution in [2.75, 3.05) is 40.1 Å². The van der Waals surface area contributed by atoms with E-state index in [0.29, 0.717) is 56.3 Å². The average molecular weight is 810 g/mol. The van der Waals surface area contributed by atoms with Crippen LogP contribution < -0.4 is 14.2 Å². The van der Waals surface area contributed by atoms with E-state index < -0.39 is 17.7 Å². The van der Waals surface area contributed by atoms with E-state index in [-0.39, 0.29) is 49.9 Å². The van der Waals surface area contributed by atoms with Crippen molar-refractivity contribution in [1.29, 1.82) is 0 Å². The second kappa shape index (κ2) is 21.0. The lowest BCUT2D eigenvalue weighted by atomic mass is 9.55. The number of amides is 1. The third-order valence-corrected chi connectivity index (χ3v) is 11.9. The molecule has 318 valence electrons. The molecular formula is C48H63N3O8. The van der Waals surface area contributed by atoms with Gasteiger partial charge in [-0.3, -0.25) is 9.78 Å². The van der Waals surface area contributed by atoms with Gasteiger partial charge in [-0.25, -0.2) is 0 Å². The number of nitrogens with zero attached hydrogens (tertiary/aromatic N) is 3. The summed E-state index contributed by atoms with van der Waals surface area (Å²) < 4.78 is 26.4. The van der Waals surface area contributed by atoms with Gasteiger partial charge in [0.2, 0.25) is 11.7 Å². The lowest BCUT2D eigenvalue weighted by molar-refractivity contribution is -0.257.